The number of fused-ring (bicyclic) bond motifs is 1. The van der Waals surface area contributed by atoms with E-state index in [-0.39, 0.29) is 17.9 Å². The smallest absolute Gasteiger partial charge is 0.167 e. The Hall–Kier alpha value is -2.67. The van der Waals surface area contributed by atoms with Crippen molar-refractivity contribution in [3.05, 3.63) is 84.2 Å². The van der Waals surface area contributed by atoms with Gasteiger partial charge in [-0.2, -0.15) is 0 Å². The molecule has 2 aromatic heterocycles. The third-order valence-corrected chi connectivity index (χ3v) is 7.41. The van der Waals surface area contributed by atoms with Crippen LogP contribution in [0.2, 0.25) is 0 Å². The molecule has 0 spiro atoms. The number of rotatable bonds is 7. The predicted molar refractivity (Wildman–Crippen MR) is 135 cm³/mol. The van der Waals surface area contributed by atoms with Crippen LogP contribution in [0.3, 0.4) is 0 Å². The van der Waals surface area contributed by atoms with Gasteiger partial charge in [0.2, 0.25) is 0 Å². The summed E-state index contributed by atoms with van der Waals surface area (Å²) in [6.45, 7) is 10.3. The summed E-state index contributed by atoms with van der Waals surface area (Å²) in [5.41, 5.74) is 4.50. The van der Waals surface area contributed by atoms with E-state index in [2.05, 4.69) is 40.8 Å². The average molecular weight is 462 g/mol. The van der Waals surface area contributed by atoms with Crippen LogP contribution in [0.5, 0.6) is 0 Å². The Balaban J connectivity index is 1.90. The van der Waals surface area contributed by atoms with Crippen LogP contribution in [0, 0.1) is 5.92 Å². The lowest BCUT2D eigenvalue weighted by Crippen LogP contribution is -2.43. The Kier molecular flexibility index (Phi) is 6.88. The van der Waals surface area contributed by atoms with Crippen molar-refractivity contribution >= 4 is 22.3 Å². The SMILES string of the molecule is CC(C)C(c1ccccn1)C(N[S+]([O-])C(C)(C)C)c1ccccc1-c1noc2ccccc12. The van der Waals surface area contributed by atoms with Crippen molar-refractivity contribution in [3.63, 3.8) is 0 Å². The maximum absolute atomic E-state index is 13.4. The highest BCUT2D eigenvalue weighted by molar-refractivity contribution is 7.90. The second kappa shape index (κ2) is 9.67. The van der Waals surface area contributed by atoms with Crippen molar-refractivity contribution in [2.75, 3.05) is 0 Å². The fraction of sp³-hybridized carbons (Fsp3) is 0.333. The molecule has 2 heterocycles. The van der Waals surface area contributed by atoms with Crippen LogP contribution >= 0.6 is 0 Å². The van der Waals surface area contributed by atoms with Crippen LogP contribution < -0.4 is 4.72 Å². The molecule has 3 atom stereocenters. The van der Waals surface area contributed by atoms with Crippen molar-refractivity contribution in [3.8, 4) is 11.3 Å². The molecule has 3 unspecified atom stereocenters. The standard InChI is InChI=1S/C27H31N3O2S/c1-18(2)24(22-15-10-11-17-28-22)26(30-33(31)27(3,4)5)20-13-7-6-12-19(20)25-21-14-8-9-16-23(21)32-29-25/h6-18,24,26,30H,1-5H3. The Morgan fingerprint density at radius 1 is 0.939 bits per heavy atom. The first kappa shape index (κ1) is 23.5. The molecule has 0 aliphatic carbocycles. The van der Waals surface area contributed by atoms with Crippen molar-refractivity contribution in [1.82, 2.24) is 14.9 Å². The van der Waals surface area contributed by atoms with Gasteiger partial charge in [0.25, 0.3) is 0 Å². The molecule has 4 rings (SSSR count). The zero-order chi connectivity index (χ0) is 23.6. The summed E-state index contributed by atoms with van der Waals surface area (Å²) >= 11 is -1.28. The highest BCUT2D eigenvalue weighted by atomic mass is 32.2. The third kappa shape index (κ3) is 4.98. The molecule has 0 aliphatic heterocycles. The second-order valence-electron chi connectivity index (χ2n) is 9.62. The quantitative estimate of drug-likeness (QED) is 0.321. The van der Waals surface area contributed by atoms with Gasteiger partial charge < -0.3 is 9.08 Å². The maximum Gasteiger partial charge on any atom is 0.167 e. The molecule has 172 valence electrons. The summed E-state index contributed by atoms with van der Waals surface area (Å²) in [6, 6.07) is 21.8. The van der Waals surface area contributed by atoms with E-state index in [1.807, 2.05) is 81.6 Å². The van der Waals surface area contributed by atoms with Gasteiger partial charge in [0.05, 0.1) is 6.04 Å². The van der Waals surface area contributed by atoms with Gasteiger partial charge in [0.15, 0.2) is 5.58 Å². The molecule has 1 N–H and O–H groups in total. The minimum Gasteiger partial charge on any atom is -0.598 e. The van der Waals surface area contributed by atoms with E-state index in [1.165, 1.54) is 0 Å². The predicted octanol–water partition coefficient (Wildman–Crippen LogP) is 6.42. The lowest BCUT2D eigenvalue weighted by molar-refractivity contribution is 0.389. The summed E-state index contributed by atoms with van der Waals surface area (Å²) in [6.07, 6.45) is 1.82. The van der Waals surface area contributed by atoms with Crippen LogP contribution in [0.25, 0.3) is 22.2 Å². The molecule has 4 aromatic rings. The van der Waals surface area contributed by atoms with E-state index in [0.29, 0.717) is 0 Å². The van der Waals surface area contributed by atoms with E-state index < -0.39 is 16.1 Å². The van der Waals surface area contributed by atoms with Crippen LogP contribution in [0.4, 0.5) is 0 Å². The molecule has 0 bridgehead atoms. The largest absolute Gasteiger partial charge is 0.598 e. The molecular weight excluding hydrogens is 430 g/mol. The van der Waals surface area contributed by atoms with Crippen molar-refractivity contribution in [2.45, 2.75) is 51.3 Å². The topological polar surface area (TPSA) is 74.0 Å². The molecular formula is C27H31N3O2S. The number of nitrogens with one attached hydrogen (secondary N) is 1. The molecule has 0 aliphatic rings. The van der Waals surface area contributed by atoms with Crippen molar-refractivity contribution in [1.29, 1.82) is 0 Å². The number of nitrogens with zero attached hydrogens (tertiary/aromatic N) is 2. The van der Waals surface area contributed by atoms with Gasteiger partial charge in [-0.1, -0.05) is 61.5 Å². The third-order valence-electron chi connectivity index (χ3n) is 5.83. The van der Waals surface area contributed by atoms with Crippen LogP contribution in [-0.4, -0.2) is 19.4 Å². The average Bonchev–Trinajstić information content (AvgIpc) is 3.22. The summed E-state index contributed by atoms with van der Waals surface area (Å²) in [7, 11) is 0. The molecule has 33 heavy (non-hydrogen) atoms. The molecule has 5 nitrogen and oxygen atoms in total. The lowest BCUT2D eigenvalue weighted by atomic mass is 9.80. The first-order valence-corrected chi connectivity index (χ1v) is 12.4. The van der Waals surface area contributed by atoms with E-state index in [0.717, 1.165) is 33.5 Å². The van der Waals surface area contributed by atoms with Gasteiger partial charge >= 0.3 is 0 Å². The molecule has 0 radical (unpaired) electrons. The molecule has 0 fully saturated rings. The van der Waals surface area contributed by atoms with Crippen LogP contribution in [0.1, 0.15) is 57.8 Å². The van der Waals surface area contributed by atoms with Crippen LogP contribution in [-0.2, 0) is 11.4 Å². The normalized spacial score (nSPS) is 15.0. The number of hydrogen-bond acceptors (Lipinski definition) is 5. The monoisotopic (exact) mass is 461 g/mol. The summed E-state index contributed by atoms with van der Waals surface area (Å²) in [5, 5.41) is 5.38. The minimum atomic E-state index is -1.28. The van der Waals surface area contributed by atoms with Gasteiger partial charge in [0.1, 0.15) is 10.4 Å². The maximum atomic E-state index is 13.4. The number of para-hydroxylation sites is 1. The molecule has 0 amide bonds. The van der Waals surface area contributed by atoms with Crippen LogP contribution in [0.15, 0.2) is 77.4 Å². The fourth-order valence-electron chi connectivity index (χ4n) is 4.16. The first-order chi connectivity index (χ1) is 15.8. The highest BCUT2D eigenvalue weighted by Gasteiger charge is 2.37. The highest BCUT2D eigenvalue weighted by Crippen LogP contribution is 2.42. The summed E-state index contributed by atoms with van der Waals surface area (Å²) in [4.78, 5) is 4.69. The Labute approximate surface area is 198 Å². The Morgan fingerprint density at radius 2 is 1.64 bits per heavy atom. The first-order valence-electron chi connectivity index (χ1n) is 11.3. The van der Waals surface area contributed by atoms with Gasteiger partial charge in [0, 0.05) is 40.1 Å². The second-order valence-corrected chi connectivity index (χ2v) is 11.6. The van der Waals surface area contributed by atoms with E-state index >= 15 is 0 Å². The van der Waals surface area contributed by atoms with Gasteiger partial charge in [-0.3, -0.25) is 4.98 Å². The van der Waals surface area contributed by atoms with Crippen molar-refractivity contribution in [2.24, 2.45) is 5.92 Å². The lowest BCUT2D eigenvalue weighted by Gasteiger charge is -2.34. The number of hydrogen-bond donors (Lipinski definition) is 1. The van der Waals surface area contributed by atoms with Gasteiger partial charge in [-0.15, -0.1) is 4.72 Å². The molecule has 0 saturated carbocycles. The number of aromatic nitrogens is 2. The van der Waals surface area contributed by atoms with E-state index in [1.54, 1.807) is 0 Å². The zero-order valence-electron chi connectivity index (χ0n) is 19.8. The Bertz CT molecular complexity index is 1200. The molecule has 6 heteroatoms. The minimum absolute atomic E-state index is 0.00295. The van der Waals surface area contributed by atoms with Gasteiger partial charge in [-0.25, -0.2) is 0 Å². The van der Waals surface area contributed by atoms with Gasteiger partial charge in [-0.05, 0) is 56.5 Å². The van der Waals surface area contributed by atoms with E-state index in [9.17, 15) is 4.55 Å². The fourth-order valence-corrected chi connectivity index (χ4v) is 5.01. The summed E-state index contributed by atoms with van der Waals surface area (Å²) in [5.74, 6) is 0.244. The number of pyridine rings is 1. The summed E-state index contributed by atoms with van der Waals surface area (Å²) < 4.78 is 22.0. The molecule has 2 aromatic carbocycles. The number of benzene rings is 2. The Morgan fingerprint density at radius 3 is 2.33 bits per heavy atom. The van der Waals surface area contributed by atoms with Crippen molar-refractivity contribution < 1.29 is 9.08 Å². The van der Waals surface area contributed by atoms with E-state index in [4.69, 9.17) is 4.52 Å². The molecule has 0 saturated heterocycles. The zero-order valence-corrected chi connectivity index (χ0v) is 20.6.